The monoisotopic (exact) mass is 309 g/mol. The normalized spacial score (nSPS) is 11.8. The van der Waals surface area contributed by atoms with Gasteiger partial charge in [-0.05, 0) is 19.9 Å². The lowest BCUT2D eigenvalue weighted by Gasteiger charge is -2.13. The molecule has 0 spiro atoms. The fourth-order valence-corrected chi connectivity index (χ4v) is 1.63. The summed E-state index contributed by atoms with van der Waals surface area (Å²) in [5, 5.41) is 16.8. The van der Waals surface area contributed by atoms with E-state index in [2.05, 4.69) is 10.5 Å². The Hall–Kier alpha value is -2.97. The number of hydrogen-bond acceptors (Lipinski definition) is 6. The molecule has 1 N–H and O–H groups in total. The second kappa shape index (κ2) is 6.20. The lowest BCUT2D eigenvalue weighted by atomic mass is 10.2. The van der Waals surface area contributed by atoms with Crippen molar-refractivity contribution in [3.8, 4) is 5.75 Å². The van der Waals surface area contributed by atoms with Gasteiger partial charge in [0, 0.05) is 18.2 Å². The van der Waals surface area contributed by atoms with Gasteiger partial charge >= 0.3 is 5.69 Å². The summed E-state index contributed by atoms with van der Waals surface area (Å²) in [4.78, 5) is 22.0. The fraction of sp³-hybridized carbons (Fsp3) is 0.231. The van der Waals surface area contributed by atoms with E-state index in [0.717, 1.165) is 18.2 Å². The van der Waals surface area contributed by atoms with Crippen LogP contribution in [0.2, 0.25) is 0 Å². The molecule has 1 aromatic heterocycles. The molecule has 9 heteroatoms. The van der Waals surface area contributed by atoms with Gasteiger partial charge in [0.1, 0.15) is 11.6 Å². The molecule has 116 valence electrons. The number of carbonyl (C=O) groups is 1. The fourth-order valence-electron chi connectivity index (χ4n) is 1.63. The number of nitrogens with one attached hydrogen (secondary N) is 1. The number of aryl methyl sites for hydroxylation is 1. The largest absolute Gasteiger partial charge is 0.474 e. The number of nitro groups is 1. The molecule has 8 nitrogen and oxygen atoms in total. The van der Waals surface area contributed by atoms with Crippen LogP contribution < -0.4 is 10.1 Å². The quantitative estimate of drug-likeness (QED) is 0.671. The Morgan fingerprint density at radius 3 is 2.82 bits per heavy atom. The van der Waals surface area contributed by atoms with Crippen molar-refractivity contribution in [2.45, 2.75) is 20.0 Å². The minimum Gasteiger partial charge on any atom is -0.474 e. The molecule has 0 aliphatic rings. The summed E-state index contributed by atoms with van der Waals surface area (Å²) in [5.74, 6) is -0.951. The van der Waals surface area contributed by atoms with Crippen molar-refractivity contribution in [2.24, 2.45) is 0 Å². The van der Waals surface area contributed by atoms with E-state index >= 15 is 0 Å². The number of benzene rings is 1. The van der Waals surface area contributed by atoms with Crippen molar-refractivity contribution < 1.29 is 23.4 Å². The van der Waals surface area contributed by atoms with Gasteiger partial charge in [0.15, 0.2) is 11.9 Å². The zero-order valence-corrected chi connectivity index (χ0v) is 11.7. The van der Waals surface area contributed by atoms with Gasteiger partial charge in [-0.1, -0.05) is 5.16 Å². The molecule has 0 saturated heterocycles. The van der Waals surface area contributed by atoms with Crippen molar-refractivity contribution in [3.05, 3.63) is 46.0 Å². The van der Waals surface area contributed by atoms with Crippen LogP contribution >= 0.6 is 0 Å². The smallest absolute Gasteiger partial charge is 0.311 e. The predicted octanol–water partition coefficient (Wildman–Crippen LogP) is 2.44. The number of hydrogen-bond donors (Lipinski definition) is 1. The van der Waals surface area contributed by atoms with Crippen LogP contribution in [0.1, 0.15) is 12.7 Å². The van der Waals surface area contributed by atoms with Gasteiger partial charge in [-0.15, -0.1) is 0 Å². The average molecular weight is 309 g/mol. The van der Waals surface area contributed by atoms with Crippen LogP contribution in [-0.4, -0.2) is 22.1 Å². The van der Waals surface area contributed by atoms with E-state index in [1.54, 1.807) is 6.92 Å². The highest BCUT2D eigenvalue weighted by Crippen LogP contribution is 2.28. The number of rotatable bonds is 5. The van der Waals surface area contributed by atoms with Crippen LogP contribution in [-0.2, 0) is 4.79 Å². The Morgan fingerprint density at radius 1 is 1.50 bits per heavy atom. The molecule has 0 radical (unpaired) electrons. The third kappa shape index (κ3) is 3.57. The number of nitrogens with zero attached hydrogens (tertiary/aromatic N) is 2. The van der Waals surface area contributed by atoms with Gasteiger partial charge in [0.05, 0.1) is 4.92 Å². The number of ether oxygens (including phenoxy) is 1. The highest BCUT2D eigenvalue weighted by atomic mass is 19.1. The van der Waals surface area contributed by atoms with Crippen LogP contribution in [0, 0.1) is 22.9 Å². The van der Waals surface area contributed by atoms with E-state index in [9.17, 15) is 19.3 Å². The van der Waals surface area contributed by atoms with E-state index in [0.29, 0.717) is 5.76 Å². The highest BCUT2D eigenvalue weighted by molar-refractivity contribution is 5.93. The first kappa shape index (κ1) is 15.4. The molecule has 1 heterocycles. The van der Waals surface area contributed by atoms with Gasteiger partial charge < -0.3 is 14.6 Å². The van der Waals surface area contributed by atoms with Gasteiger partial charge in [-0.2, -0.15) is 0 Å². The summed E-state index contributed by atoms with van der Waals surface area (Å²) < 4.78 is 23.1. The second-order valence-corrected chi connectivity index (χ2v) is 4.44. The Labute approximate surface area is 124 Å². The Kier molecular flexibility index (Phi) is 4.35. The number of halogens is 1. The number of carbonyl (C=O) groups excluding carboxylic acids is 1. The topological polar surface area (TPSA) is 108 Å². The lowest BCUT2D eigenvalue weighted by molar-refractivity contribution is -0.386. The summed E-state index contributed by atoms with van der Waals surface area (Å²) in [6.07, 6.45) is -1.10. The maximum absolute atomic E-state index is 13.2. The standard InChI is InChI=1S/C13H12FN3O5/c1-7-5-12(16-22-7)15-13(18)8(2)21-11-6-9(14)3-4-10(11)17(19)20/h3-6,8H,1-2H3,(H,15,16,18). The van der Waals surface area contributed by atoms with E-state index in [1.165, 1.54) is 13.0 Å². The molecule has 2 rings (SSSR count). The number of amides is 1. The third-order valence-corrected chi connectivity index (χ3v) is 2.67. The van der Waals surface area contributed by atoms with Gasteiger partial charge in [0.25, 0.3) is 5.91 Å². The molecule has 0 saturated carbocycles. The Bertz CT molecular complexity index is 715. The van der Waals surface area contributed by atoms with Crippen LogP contribution in [0.15, 0.2) is 28.8 Å². The summed E-state index contributed by atoms with van der Waals surface area (Å²) in [7, 11) is 0. The Morgan fingerprint density at radius 2 is 2.23 bits per heavy atom. The van der Waals surface area contributed by atoms with Gasteiger partial charge in [-0.25, -0.2) is 4.39 Å². The molecule has 22 heavy (non-hydrogen) atoms. The SMILES string of the molecule is Cc1cc(NC(=O)C(C)Oc2cc(F)ccc2[N+](=O)[O-])no1. The third-order valence-electron chi connectivity index (χ3n) is 2.67. The van der Waals surface area contributed by atoms with Crippen LogP contribution in [0.25, 0.3) is 0 Å². The minimum absolute atomic E-state index is 0.187. The summed E-state index contributed by atoms with van der Waals surface area (Å²) in [5.41, 5.74) is -0.432. The van der Waals surface area contributed by atoms with E-state index in [4.69, 9.17) is 9.26 Å². The first-order valence-electron chi connectivity index (χ1n) is 6.21. The van der Waals surface area contributed by atoms with Gasteiger partial charge in [0.2, 0.25) is 5.75 Å². The molecule has 0 bridgehead atoms. The predicted molar refractivity (Wildman–Crippen MR) is 73.0 cm³/mol. The summed E-state index contributed by atoms with van der Waals surface area (Å²) in [6.45, 7) is 3.02. The molecule has 0 fully saturated rings. The highest BCUT2D eigenvalue weighted by Gasteiger charge is 2.22. The Balaban J connectivity index is 2.11. The molecular formula is C13H12FN3O5. The summed E-state index contributed by atoms with van der Waals surface area (Å²) in [6, 6.07) is 4.25. The number of nitro benzene ring substituents is 1. The molecule has 0 aliphatic carbocycles. The average Bonchev–Trinajstić information content (AvgIpc) is 2.83. The van der Waals surface area contributed by atoms with Crippen molar-refractivity contribution in [2.75, 3.05) is 5.32 Å². The number of aromatic nitrogens is 1. The first-order chi connectivity index (χ1) is 10.4. The molecule has 0 aliphatic heterocycles. The molecule has 1 amide bonds. The maximum atomic E-state index is 13.2. The van der Waals surface area contributed by atoms with Crippen LogP contribution in [0.4, 0.5) is 15.9 Å². The molecule has 2 aromatic rings. The number of anilines is 1. The van der Waals surface area contributed by atoms with E-state index < -0.39 is 28.4 Å². The van der Waals surface area contributed by atoms with Crippen LogP contribution in [0.5, 0.6) is 5.75 Å². The van der Waals surface area contributed by atoms with Crippen LogP contribution in [0.3, 0.4) is 0 Å². The molecule has 1 atom stereocenters. The zero-order chi connectivity index (χ0) is 16.3. The van der Waals surface area contributed by atoms with E-state index in [1.807, 2.05) is 0 Å². The lowest BCUT2D eigenvalue weighted by Crippen LogP contribution is -2.30. The van der Waals surface area contributed by atoms with Crippen molar-refractivity contribution in [3.63, 3.8) is 0 Å². The second-order valence-electron chi connectivity index (χ2n) is 4.44. The van der Waals surface area contributed by atoms with E-state index in [-0.39, 0.29) is 11.6 Å². The van der Waals surface area contributed by atoms with Gasteiger partial charge in [-0.3, -0.25) is 14.9 Å². The maximum Gasteiger partial charge on any atom is 0.311 e. The van der Waals surface area contributed by atoms with Crippen molar-refractivity contribution >= 4 is 17.4 Å². The first-order valence-corrected chi connectivity index (χ1v) is 6.21. The molecule has 1 unspecified atom stereocenters. The molecule has 1 aromatic carbocycles. The minimum atomic E-state index is -1.10. The van der Waals surface area contributed by atoms with Crippen molar-refractivity contribution in [1.82, 2.24) is 5.16 Å². The molecular weight excluding hydrogens is 297 g/mol. The van der Waals surface area contributed by atoms with Crippen molar-refractivity contribution in [1.29, 1.82) is 0 Å². The zero-order valence-electron chi connectivity index (χ0n) is 11.7. The summed E-state index contributed by atoms with van der Waals surface area (Å²) >= 11 is 0.